The van der Waals surface area contributed by atoms with Crippen molar-refractivity contribution >= 4 is 28.8 Å². The Bertz CT molecular complexity index is 690. The molecule has 0 radical (unpaired) electrons. The highest BCUT2D eigenvalue weighted by Gasteiger charge is 2.12. The molecule has 2 heterocycles. The molecule has 3 aromatic rings. The molecule has 2 nitrogen and oxygen atoms in total. The highest BCUT2D eigenvalue weighted by Crippen LogP contribution is 2.26. The molecule has 0 aliphatic heterocycles. The van der Waals surface area contributed by atoms with Crippen LogP contribution in [0, 0.1) is 0 Å². The normalized spacial score (nSPS) is 11.0. The number of nitrogens with zero attached hydrogens (tertiary/aromatic N) is 2. The van der Waals surface area contributed by atoms with Gasteiger partial charge in [-0.3, -0.25) is 0 Å². The van der Waals surface area contributed by atoms with Gasteiger partial charge in [-0.25, -0.2) is 4.98 Å². The zero-order valence-corrected chi connectivity index (χ0v) is 11.0. The van der Waals surface area contributed by atoms with E-state index in [-0.39, 0.29) is 0 Å². The van der Waals surface area contributed by atoms with Crippen molar-refractivity contribution in [2.45, 2.75) is 5.88 Å². The number of imidazole rings is 1. The topological polar surface area (TPSA) is 17.3 Å². The third-order valence-corrected chi connectivity index (χ3v) is 3.33. The first-order chi connectivity index (χ1) is 8.79. The first kappa shape index (κ1) is 11.6. The van der Waals surface area contributed by atoms with Crippen molar-refractivity contribution in [1.29, 1.82) is 0 Å². The van der Waals surface area contributed by atoms with Crippen molar-refractivity contribution in [3.8, 4) is 11.3 Å². The number of halogens is 2. The Balaban J connectivity index is 2.30. The molecule has 0 atom stereocenters. The van der Waals surface area contributed by atoms with Crippen molar-refractivity contribution in [2.75, 3.05) is 0 Å². The predicted molar refractivity (Wildman–Crippen MR) is 75.2 cm³/mol. The van der Waals surface area contributed by atoms with E-state index >= 15 is 0 Å². The number of alkyl halides is 1. The van der Waals surface area contributed by atoms with Crippen LogP contribution < -0.4 is 0 Å². The van der Waals surface area contributed by atoms with Crippen LogP contribution in [0.2, 0.25) is 5.02 Å². The van der Waals surface area contributed by atoms with Crippen molar-refractivity contribution in [3.63, 3.8) is 0 Å². The Kier molecular flexibility index (Phi) is 2.98. The summed E-state index contributed by atoms with van der Waals surface area (Å²) in [7, 11) is 0. The van der Waals surface area contributed by atoms with E-state index in [0.29, 0.717) is 10.9 Å². The Labute approximate surface area is 115 Å². The van der Waals surface area contributed by atoms with E-state index in [1.165, 1.54) is 0 Å². The van der Waals surface area contributed by atoms with Crippen LogP contribution in [0.4, 0.5) is 0 Å². The maximum Gasteiger partial charge on any atom is 0.137 e. The first-order valence-electron chi connectivity index (χ1n) is 5.57. The van der Waals surface area contributed by atoms with Gasteiger partial charge in [-0.15, -0.1) is 11.6 Å². The fourth-order valence-corrected chi connectivity index (χ4v) is 2.44. The number of aromatic nitrogens is 2. The Morgan fingerprint density at radius 3 is 2.56 bits per heavy atom. The van der Waals surface area contributed by atoms with Gasteiger partial charge < -0.3 is 4.40 Å². The number of rotatable bonds is 2. The zero-order chi connectivity index (χ0) is 12.5. The molecule has 0 saturated heterocycles. The quantitative estimate of drug-likeness (QED) is 0.635. The standard InChI is InChI=1S/C14H10Cl2N2/c15-8-12-14(10-4-2-1-3-5-10)17-13-7-6-11(16)9-18(12)13/h1-7,9H,8H2. The summed E-state index contributed by atoms with van der Waals surface area (Å²) in [5, 5.41) is 0.672. The van der Waals surface area contributed by atoms with Gasteiger partial charge in [0.05, 0.1) is 22.3 Å². The summed E-state index contributed by atoms with van der Waals surface area (Å²) in [6.07, 6.45) is 1.84. The second-order valence-electron chi connectivity index (χ2n) is 3.98. The lowest BCUT2D eigenvalue weighted by atomic mass is 10.1. The maximum absolute atomic E-state index is 6.05. The Morgan fingerprint density at radius 1 is 1.06 bits per heavy atom. The molecular formula is C14H10Cl2N2. The van der Waals surface area contributed by atoms with E-state index in [1.807, 2.05) is 53.1 Å². The molecule has 0 unspecified atom stereocenters. The van der Waals surface area contributed by atoms with E-state index in [4.69, 9.17) is 23.2 Å². The molecule has 4 heteroatoms. The van der Waals surface area contributed by atoms with Gasteiger partial charge >= 0.3 is 0 Å². The molecule has 0 amide bonds. The van der Waals surface area contributed by atoms with Crippen LogP contribution in [0.3, 0.4) is 0 Å². The minimum Gasteiger partial charge on any atom is -0.301 e. The Morgan fingerprint density at radius 2 is 1.83 bits per heavy atom. The van der Waals surface area contributed by atoms with Crippen molar-refractivity contribution in [3.05, 3.63) is 59.4 Å². The van der Waals surface area contributed by atoms with Crippen LogP contribution in [0.25, 0.3) is 16.9 Å². The smallest absolute Gasteiger partial charge is 0.137 e. The zero-order valence-electron chi connectivity index (χ0n) is 9.48. The molecule has 0 N–H and O–H groups in total. The van der Waals surface area contributed by atoms with Crippen LogP contribution in [0.5, 0.6) is 0 Å². The average molecular weight is 277 g/mol. The van der Waals surface area contributed by atoms with Gasteiger partial charge in [-0.1, -0.05) is 41.9 Å². The van der Waals surface area contributed by atoms with Gasteiger partial charge in [0.25, 0.3) is 0 Å². The third-order valence-electron chi connectivity index (χ3n) is 2.86. The second-order valence-corrected chi connectivity index (χ2v) is 4.69. The van der Waals surface area contributed by atoms with Gasteiger partial charge in [0.15, 0.2) is 0 Å². The molecule has 90 valence electrons. The molecule has 0 aliphatic rings. The fraction of sp³-hybridized carbons (Fsp3) is 0.0714. The van der Waals surface area contributed by atoms with Gasteiger partial charge in [-0.05, 0) is 12.1 Å². The molecule has 1 aromatic carbocycles. The third kappa shape index (κ3) is 1.88. The molecular weight excluding hydrogens is 267 g/mol. The van der Waals surface area contributed by atoms with Crippen molar-refractivity contribution < 1.29 is 0 Å². The fourth-order valence-electron chi connectivity index (χ4n) is 2.02. The summed E-state index contributed by atoms with van der Waals surface area (Å²) in [5.74, 6) is 0.395. The lowest BCUT2D eigenvalue weighted by Crippen LogP contribution is -1.90. The summed E-state index contributed by atoms with van der Waals surface area (Å²) in [5.41, 5.74) is 3.79. The van der Waals surface area contributed by atoms with Gasteiger partial charge in [0.1, 0.15) is 5.65 Å². The summed E-state index contributed by atoms with van der Waals surface area (Å²) >= 11 is 12.1. The Hall–Kier alpha value is -1.51. The van der Waals surface area contributed by atoms with E-state index in [9.17, 15) is 0 Å². The van der Waals surface area contributed by atoms with Crippen LogP contribution in [-0.2, 0) is 5.88 Å². The van der Waals surface area contributed by atoms with E-state index in [1.54, 1.807) is 0 Å². The SMILES string of the molecule is ClCc1c(-c2ccccc2)nc2ccc(Cl)cn12. The average Bonchev–Trinajstić information content (AvgIpc) is 2.77. The maximum atomic E-state index is 6.05. The lowest BCUT2D eigenvalue weighted by Gasteiger charge is -2.01. The van der Waals surface area contributed by atoms with Crippen LogP contribution in [0.1, 0.15) is 5.69 Å². The predicted octanol–water partition coefficient (Wildman–Crippen LogP) is 4.39. The van der Waals surface area contributed by atoms with Crippen LogP contribution in [0.15, 0.2) is 48.7 Å². The molecule has 0 aliphatic carbocycles. The number of fused-ring (bicyclic) bond motifs is 1. The summed E-state index contributed by atoms with van der Waals surface area (Å²) < 4.78 is 1.94. The van der Waals surface area contributed by atoms with E-state index in [2.05, 4.69) is 4.98 Å². The monoisotopic (exact) mass is 276 g/mol. The number of pyridine rings is 1. The molecule has 0 bridgehead atoms. The molecule has 2 aromatic heterocycles. The molecule has 3 rings (SSSR count). The van der Waals surface area contributed by atoms with Crippen molar-refractivity contribution in [1.82, 2.24) is 9.38 Å². The van der Waals surface area contributed by atoms with E-state index < -0.39 is 0 Å². The summed E-state index contributed by atoms with van der Waals surface area (Å²) in [6.45, 7) is 0. The second kappa shape index (κ2) is 4.63. The molecule has 0 fully saturated rings. The molecule has 0 saturated carbocycles. The number of benzene rings is 1. The van der Waals surface area contributed by atoms with Gasteiger partial charge in [0, 0.05) is 11.8 Å². The van der Waals surface area contributed by atoms with Crippen LogP contribution >= 0.6 is 23.2 Å². The minimum absolute atomic E-state index is 0.395. The summed E-state index contributed by atoms with van der Waals surface area (Å²) in [4.78, 5) is 4.61. The largest absolute Gasteiger partial charge is 0.301 e. The van der Waals surface area contributed by atoms with Gasteiger partial charge in [0.2, 0.25) is 0 Å². The summed E-state index contributed by atoms with van der Waals surface area (Å²) in [6, 6.07) is 13.7. The highest BCUT2D eigenvalue weighted by molar-refractivity contribution is 6.30. The van der Waals surface area contributed by atoms with Crippen molar-refractivity contribution in [2.24, 2.45) is 0 Å². The first-order valence-corrected chi connectivity index (χ1v) is 6.48. The lowest BCUT2D eigenvalue weighted by molar-refractivity contribution is 1.09. The molecule has 18 heavy (non-hydrogen) atoms. The van der Waals surface area contributed by atoms with E-state index in [0.717, 1.165) is 22.6 Å². The van der Waals surface area contributed by atoms with Crippen LogP contribution in [-0.4, -0.2) is 9.38 Å². The number of hydrogen-bond acceptors (Lipinski definition) is 1. The minimum atomic E-state index is 0.395. The highest BCUT2D eigenvalue weighted by atomic mass is 35.5. The molecule has 0 spiro atoms. The number of hydrogen-bond donors (Lipinski definition) is 0. The van der Waals surface area contributed by atoms with Gasteiger partial charge in [-0.2, -0.15) is 0 Å².